The van der Waals surface area contributed by atoms with Crippen molar-refractivity contribution >= 4 is 12.2 Å². The highest BCUT2D eigenvalue weighted by atomic mass is 16.5. The van der Waals surface area contributed by atoms with Crippen LogP contribution in [0.25, 0.3) is 12.2 Å². The van der Waals surface area contributed by atoms with Crippen molar-refractivity contribution in [3.05, 3.63) is 53.1 Å². The van der Waals surface area contributed by atoms with Gasteiger partial charge in [0.2, 0.25) is 0 Å². The van der Waals surface area contributed by atoms with Crippen molar-refractivity contribution in [3.63, 3.8) is 0 Å². The summed E-state index contributed by atoms with van der Waals surface area (Å²) in [5.41, 5.74) is 3.14. The third-order valence-corrected chi connectivity index (χ3v) is 3.36. The summed E-state index contributed by atoms with van der Waals surface area (Å²) in [6.45, 7) is 1.98. The van der Waals surface area contributed by atoms with E-state index in [1.54, 1.807) is 21.3 Å². The molecule has 110 valence electrons. The normalized spacial score (nSPS) is 10.7. The molecule has 0 aliphatic carbocycles. The first-order chi connectivity index (χ1) is 10.2. The van der Waals surface area contributed by atoms with E-state index in [0.29, 0.717) is 0 Å². The summed E-state index contributed by atoms with van der Waals surface area (Å²) in [7, 11) is 4.99. The van der Waals surface area contributed by atoms with Gasteiger partial charge < -0.3 is 14.2 Å². The SMILES string of the molecule is COc1ccc(/C=C/c2cc(OC)c(C)c(OC)c2)cc1. The van der Waals surface area contributed by atoms with Gasteiger partial charge in [-0.1, -0.05) is 24.3 Å². The number of methoxy groups -OCH3 is 3. The summed E-state index contributed by atoms with van der Waals surface area (Å²) in [5, 5.41) is 0. The lowest BCUT2D eigenvalue weighted by Crippen LogP contribution is -1.93. The molecule has 0 saturated carbocycles. The number of benzene rings is 2. The van der Waals surface area contributed by atoms with Gasteiger partial charge in [0, 0.05) is 5.56 Å². The molecule has 2 rings (SSSR count). The van der Waals surface area contributed by atoms with Gasteiger partial charge in [-0.3, -0.25) is 0 Å². The Morgan fingerprint density at radius 3 is 1.71 bits per heavy atom. The Hall–Kier alpha value is -2.42. The fraction of sp³-hybridized carbons (Fsp3) is 0.222. The van der Waals surface area contributed by atoms with Crippen LogP contribution in [-0.4, -0.2) is 21.3 Å². The summed E-state index contributed by atoms with van der Waals surface area (Å²) in [6, 6.07) is 11.9. The molecule has 0 fully saturated rings. The van der Waals surface area contributed by atoms with Crippen LogP contribution in [0.15, 0.2) is 36.4 Å². The fourth-order valence-electron chi connectivity index (χ4n) is 2.11. The molecule has 21 heavy (non-hydrogen) atoms. The maximum atomic E-state index is 5.38. The smallest absolute Gasteiger partial charge is 0.126 e. The third-order valence-electron chi connectivity index (χ3n) is 3.36. The lowest BCUT2D eigenvalue weighted by atomic mass is 10.1. The maximum absolute atomic E-state index is 5.38. The molecular weight excluding hydrogens is 264 g/mol. The second-order valence-corrected chi connectivity index (χ2v) is 4.66. The van der Waals surface area contributed by atoms with E-state index in [0.717, 1.165) is 33.9 Å². The van der Waals surface area contributed by atoms with Crippen molar-refractivity contribution in [2.75, 3.05) is 21.3 Å². The minimum Gasteiger partial charge on any atom is -0.497 e. The quantitative estimate of drug-likeness (QED) is 0.770. The molecule has 3 nitrogen and oxygen atoms in total. The second-order valence-electron chi connectivity index (χ2n) is 4.66. The van der Waals surface area contributed by atoms with Gasteiger partial charge in [-0.2, -0.15) is 0 Å². The van der Waals surface area contributed by atoms with Crippen molar-refractivity contribution in [2.45, 2.75) is 6.92 Å². The van der Waals surface area contributed by atoms with Gasteiger partial charge in [0.15, 0.2) is 0 Å². The van der Waals surface area contributed by atoms with Gasteiger partial charge >= 0.3 is 0 Å². The molecule has 0 heterocycles. The molecular formula is C18H20O3. The molecule has 0 radical (unpaired) electrons. The fourth-order valence-corrected chi connectivity index (χ4v) is 2.11. The summed E-state index contributed by atoms with van der Waals surface area (Å²) in [6.07, 6.45) is 4.08. The zero-order chi connectivity index (χ0) is 15.2. The Morgan fingerprint density at radius 2 is 1.24 bits per heavy atom. The molecule has 0 spiro atoms. The van der Waals surface area contributed by atoms with Crippen LogP contribution in [0.5, 0.6) is 17.2 Å². The van der Waals surface area contributed by atoms with E-state index >= 15 is 0 Å². The van der Waals surface area contributed by atoms with E-state index in [1.807, 2.05) is 55.5 Å². The molecule has 0 N–H and O–H groups in total. The number of hydrogen-bond acceptors (Lipinski definition) is 3. The molecule has 0 bridgehead atoms. The second kappa shape index (κ2) is 6.84. The van der Waals surface area contributed by atoms with Gasteiger partial charge in [0.1, 0.15) is 17.2 Å². The minimum absolute atomic E-state index is 0.823. The Bertz CT molecular complexity index is 602. The first-order valence-corrected chi connectivity index (χ1v) is 6.72. The van der Waals surface area contributed by atoms with Gasteiger partial charge in [-0.05, 0) is 42.3 Å². The molecule has 2 aromatic rings. The number of hydrogen-bond donors (Lipinski definition) is 0. The number of rotatable bonds is 5. The van der Waals surface area contributed by atoms with Crippen LogP contribution in [0, 0.1) is 6.92 Å². The van der Waals surface area contributed by atoms with Gasteiger partial charge in [0.25, 0.3) is 0 Å². The number of ether oxygens (including phenoxy) is 3. The molecule has 0 unspecified atom stereocenters. The average molecular weight is 284 g/mol. The largest absolute Gasteiger partial charge is 0.497 e. The minimum atomic E-state index is 0.823. The lowest BCUT2D eigenvalue weighted by Gasteiger charge is -2.11. The Balaban J connectivity index is 2.27. The molecule has 0 aromatic heterocycles. The van der Waals surface area contributed by atoms with E-state index in [9.17, 15) is 0 Å². The van der Waals surface area contributed by atoms with Gasteiger partial charge in [-0.15, -0.1) is 0 Å². The van der Waals surface area contributed by atoms with Crippen molar-refractivity contribution in [2.24, 2.45) is 0 Å². The third kappa shape index (κ3) is 3.57. The Labute approximate surface area is 125 Å². The molecule has 0 atom stereocenters. The van der Waals surface area contributed by atoms with Crippen molar-refractivity contribution in [1.82, 2.24) is 0 Å². The topological polar surface area (TPSA) is 27.7 Å². The van der Waals surface area contributed by atoms with Crippen LogP contribution in [0.1, 0.15) is 16.7 Å². The van der Waals surface area contributed by atoms with E-state index in [4.69, 9.17) is 14.2 Å². The highest BCUT2D eigenvalue weighted by Crippen LogP contribution is 2.30. The van der Waals surface area contributed by atoms with Crippen LogP contribution in [0.4, 0.5) is 0 Å². The van der Waals surface area contributed by atoms with Crippen LogP contribution in [0.2, 0.25) is 0 Å². The summed E-state index contributed by atoms with van der Waals surface area (Å²) in [4.78, 5) is 0. The van der Waals surface area contributed by atoms with Crippen molar-refractivity contribution in [3.8, 4) is 17.2 Å². The highest BCUT2D eigenvalue weighted by Gasteiger charge is 2.06. The monoisotopic (exact) mass is 284 g/mol. The average Bonchev–Trinajstić information content (AvgIpc) is 2.54. The first kappa shape index (κ1) is 15.0. The predicted molar refractivity (Wildman–Crippen MR) is 86.2 cm³/mol. The standard InChI is InChI=1S/C18H20O3/c1-13-17(20-3)11-15(12-18(13)21-4)6-5-14-7-9-16(19-2)10-8-14/h5-12H,1-4H3/b6-5+. The molecule has 0 saturated heterocycles. The van der Waals surface area contributed by atoms with Crippen LogP contribution < -0.4 is 14.2 Å². The van der Waals surface area contributed by atoms with Crippen molar-refractivity contribution < 1.29 is 14.2 Å². The molecule has 0 aliphatic rings. The van der Waals surface area contributed by atoms with Crippen LogP contribution in [-0.2, 0) is 0 Å². The zero-order valence-corrected chi connectivity index (χ0v) is 12.8. The summed E-state index contributed by atoms with van der Waals surface area (Å²) in [5.74, 6) is 2.50. The highest BCUT2D eigenvalue weighted by molar-refractivity contribution is 5.72. The van der Waals surface area contributed by atoms with Gasteiger partial charge in [-0.25, -0.2) is 0 Å². The maximum Gasteiger partial charge on any atom is 0.126 e. The van der Waals surface area contributed by atoms with E-state index < -0.39 is 0 Å². The van der Waals surface area contributed by atoms with Crippen LogP contribution in [0.3, 0.4) is 0 Å². The van der Waals surface area contributed by atoms with E-state index in [-0.39, 0.29) is 0 Å². The molecule has 0 amide bonds. The molecule has 0 aliphatic heterocycles. The zero-order valence-electron chi connectivity index (χ0n) is 12.8. The Morgan fingerprint density at radius 1 is 0.714 bits per heavy atom. The van der Waals surface area contributed by atoms with Crippen LogP contribution >= 0.6 is 0 Å². The summed E-state index contributed by atoms with van der Waals surface area (Å²) < 4.78 is 15.9. The van der Waals surface area contributed by atoms with E-state index in [1.165, 1.54) is 0 Å². The predicted octanol–water partition coefficient (Wildman–Crippen LogP) is 4.19. The summed E-state index contributed by atoms with van der Waals surface area (Å²) >= 11 is 0. The van der Waals surface area contributed by atoms with Gasteiger partial charge in [0.05, 0.1) is 21.3 Å². The van der Waals surface area contributed by atoms with Crippen molar-refractivity contribution in [1.29, 1.82) is 0 Å². The molecule has 2 aromatic carbocycles. The first-order valence-electron chi connectivity index (χ1n) is 6.72. The Kier molecular flexibility index (Phi) is 4.88. The lowest BCUT2D eigenvalue weighted by molar-refractivity contribution is 0.388. The van der Waals surface area contributed by atoms with E-state index in [2.05, 4.69) is 0 Å². The molecule has 3 heteroatoms.